The molecule has 2 rings (SSSR count). The fourth-order valence-corrected chi connectivity index (χ4v) is 3.35. The van der Waals surface area contributed by atoms with Gasteiger partial charge in [0.05, 0.1) is 0 Å². The maximum atomic E-state index is 11.8. The van der Waals surface area contributed by atoms with Gasteiger partial charge in [-0.25, -0.2) is 0 Å². The molecule has 0 bridgehead atoms. The molecule has 1 atom stereocenters. The SMILES string of the molecule is CCN(CC)CC(C)C(O)(c1ccc(C)cc1)c1ccc(C)cc1. The van der Waals surface area contributed by atoms with Crippen molar-refractivity contribution in [2.45, 2.75) is 40.2 Å². The zero-order chi connectivity index (χ0) is 17.7. The molecule has 0 aliphatic rings. The van der Waals surface area contributed by atoms with Gasteiger partial charge < -0.3 is 10.0 Å². The smallest absolute Gasteiger partial charge is 0.118 e. The molecule has 0 aliphatic carbocycles. The first-order valence-corrected chi connectivity index (χ1v) is 9.00. The van der Waals surface area contributed by atoms with Gasteiger partial charge in [-0.05, 0) is 38.1 Å². The lowest BCUT2D eigenvalue weighted by molar-refractivity contribution is 0.00869. The lowest BCUT2D eigenvalue weighted by atomic mass is 9.76. The van der Waals surface area contributed by atoms with Gasteiger partial charge in [0.1, 0.15) is 5.60 Å². The van der Waals surface area contributed by atoms with Crippen LogP contribution in [0, 0.1) is 19.8 Å². The second-order valence-electron chi connectivity index (χ2n) is 6.89. The van der Waals surface area contributed by atoms with Crippen LogP contribution in [0.5, 0.6) is 0 Å². The van der Waals surface area contributed by atoms with Crippen LogP contribution in [0.4, 0.5) is 0 Å². The van der Waals surface area contributed by atoms with Gasteiger partial charge in [-0.15, -0.1) is 0 Å². The van der Waals surface area contributed by atoms with E-state index in [-0.39, 0.29) is 5.92 Å². The molecule has 0 aliphatic heterocycles. The van der Waals surface area contributed by atoms with E-state index in [9.17, 15) is 5.11 Å². The van der Waals surface area contributed by atoms with Gasteiger partial charge >= 0.3 is 0 Å². The monoisotopic (exact) mass is 325 g/mol. The normalized spacial score (nSPS) is 13.3. The number of benzene rings is 2. The summed E-state index contributed by atoms with van der Waals surface area (Å²) in [6, 6.07) is 16.6. The molecule has 2 aromatic rings. The second-order valence-corrected chi connectivity index (χ2v) is 6.89. The van der Waals surface area contributed by atoms with E-state index in [1.165, 1.54) is 11.1 Å². The summed E-state index contributed by atoms with van der Waals surface area (Å²) in [6.07, 6.45) is 0. The predicted octanol–water partition coefficient (Wildman–Crippen LogP) is 4.52. The highest BCUT2D eigenvalue weighted by Crippen LogP contribution is 2.37. The summed E-state index contributed by atoms with van der Waals surface area (Å²) in [5.74, 6) is 0.0859. The van der Waals surface area contributed by atoms with Crippen LogP contribution in [-0.2, 0) is 5.60 Å². The highest BCUT2D eigenvalue weighted by Gasteiger charge is 2.38. The third-order valence-electron chi connectivity index (χ3n) is 5.12. The first-order chi connectivity index (χ1) is 11.4. The third kappa shape index (κ3) is 3.88. The number of rotatable bonds is 7. The van der Waals surface area contributed by atoms with Crippen molar-refractivity contribution in [3.05, 3.63) is 70.8 Å². The van der Waals surface area contributed by atoms with Crippen LogP contribution in [-0.4, -0.2) is 29.6 Å². The Labute approximate surface area is 147 Å². The van der Waals surface area contributed by atoms with Gasteiger partial charge in [0, 0.05) is 12.5 Å². The third-order valence-corrected chi connectivity index (χ3v) is 5.12. The van der Waals surface area contributed by atoms with Crippen LogP contribution in [0.15, 0.2) is 48.5 Å². The number of nitrogens with zero attached hydrogens (tertiary/aromatic N) is 1. The predicted molar refractivity (Wildman–Crippen MR) is 102 cm³/mol. The van der Waals surface area contributed by atoms with Crippen LogP contribution in [0.1, 0.15) is 43.0 Å². The van der Waals surface area contributed by atoms with E-state index < -0.39 is 5.60 Å². The molecular formula is C22H31NO. The van der Waals surface area contributed by atoms with Gasteiger partial charge in [0.25, 0.3) is 0 Å². The Morgan fingerprint density at radius 3 is 1.54 bits per heavy atom. The Morgan fingerprint density at radius 2 is 1.21 bits per heavy atom. The fraction of sp³-hybridized carbons (Fsp3) is 0.455. The molecule has 2 nitrogen and oxygen atoms in total. The minimum atomic E-state index is -0.982. The van der Waals surface area contributed by atoms with Gasteiger partial charge in [-0.2, -0.15) is 0 Å². The van der Waals surface area contributed by atoms with E-state index in [2.05, 4.69) is 88.0 Å². The first kappa shape index (κ1) is 18.7. The summed E-state index contributed by atoms with van der Waals surface area (Å²) in [6.45, 7) is 13.5. The standard InChI is InChI=1S/C22H31NO/c1-6-23(7-2)16-19(5)22(24,20-12-8-17(3)9-13-20)21-14-10-18(4)11-15-21/h8-15,19,24H,6-7,16H2,1-5H3. The van der Waals surface area contributed by atoms with Crippen molar-refractivity contribution in [2.24, 2.45) is 5.92 Å². The Kier molecular flexibility index (Phi) is 6.20. The van der Waals surface area contributed by atoms with Crippen molar-refractivity contribution in [1.29, 1.82) is 0 Å². The van der Waals surface area contributed by atoms with E-state index in [1.54, 1.807) is 0 Å². The van der Waals surface area contributed by atoms with Crippen molar-refractivity contribution < 1.29 is 5.11 Å². The maximum absolute atomic E-state index is 11.8. The number of aliphatic hydroxyl groups is 1. The molecule has 0 amide bonds. The summed E-state index contributed by atoms with van der Waals surface area (Å²) < 4.78 is 0. The van der Waals surface area contributed by atoms with E-state index >= 15 is 0 Å². The van der Waals surface area contributed by atoms with Gasteiger partial charge in [0.2, 0.25) is 0 Å². The van der Waals surface area contributed by atoms with Crippen molar-refractivity contribution in [1.82, 2.24) is 4.90 Å². The zero-order valence-electron chi connectivity index (χ0n) is 15.7. The Balaban J connectivity index is 2.47. The molecule has 2 heteroatoms. The van der Waals surface area contributed by atoms with Gasteiger partial charge in [0.15, 0.2) is 0 Å². The highest BCUT2D eigenvalue weighted by molar-refractivity contribution is 5.39. The van der Waals surface area contributed by atoms with E-state index in [1.807, 2.05) is 0 Å². The van der Waals surface area contributed by atoms with Gasteiger partial charge in [-0.1, -0.05) is 80.4 Å². The molecule has 0 heterocycles. The molecule has 0 saturated heterocycles. The maximum Gasteiger partial charge on any atom is 0.118 e. The summed E-state index contributed by atoms with van der Waals surface area (Å²) in [4.78, 5) is 2.37. The van der Waals surface area contributed by atoms with Crippen LogP contribution in [0.25, 0.3) is 0 Å². The molecule has 24 heavy (non-hydrogen) atoms. The molecule has 0 saturated carbocycles. The molecule has 1 N–H and O–H groups in total. The highest BCUT2D eigenvalue weighted by atomic mass is 16.3. The van der Waals surface area contributed by atoms with E-state index in [0.29, 0.717) is 0 Å². The fourth-order valence-electron chi connectivity index (χ4n) is 3.35. The second kappa shape index (κ2) is 7.96. The molecule has 2 aromatic carbocycles. The average molecular weight is 325 g/mol. The van der Waals surface area contributed by atoms with E-state index in [0.717, 1.165) is 30.8 Å². The lowest BCUT2D eigenvalue weighted by Crippen LogP contribution is -2.42. The number of hydrogen-bond acceptors (Lipinski definition) is 2. The molecule has 1 unspecified atom stereocenters. The largest absolute Gasteiger partial charge is 0.380 e. The lowest BCUT2D eigenvalue weighted by Gasteiger charge is -2.38. The van der Waals surface area contributed by atoms with Crippen molar-refractivity contribution in [3.63, 3.8) is 0 Å². The van der Waals surface area contributed by atoms with Crippen LogP contribution < -0.4 is 0 Å². The Morgan fingerprint density at radius 1 is 0.833 bits per heavy atom. The van der Waals surface area contributed by atoms with Crippen molar-refractivity contribution >= 4 is 0 Å². The Hall–Kier alpha value is -1.64. The number of aryl methyl sites for hydroxylation is 2. The molecule has 0 radical (unpaired) electrons. The molecule has 130 valence electrons. The number of hydrogen-bond donors (Lipinski definition) is 1. The minimum absolute atomic E-state index is 0.0859. The van der Waals surface area contributed by atoms with Crippen LogP contribution >= 0.6 is 0 Å². The minimum Gasteiger partial charge on any atom is -0.380 e. The molecule has 0 spiro atoms. The van der Waals surface area contributed by atoms with Crippen LogP contribution in [0.2, 0.25) is 0 Å². The summed E-state index contributed by atoms with van der Waals surface area (Å²) in [7, 11) is 0. The van der Waals surface area contributed by atoms with Crippen LogP contribution in [0.3, 0.4) is 0 Å². The summed E-state index contributed by atoms with van der Waals surface area (Å²) in [5.41, 5.74) is 3.38. The van der Waals surface area contributed by atoms with Crippen molar-refractivity contribution in [3.8, 4) is 0 Å². The first-order valence-electron chi connectivity index (χ1n) is 9.00. The topological polar surface area (TPSA) is 23.5 Å². The summed E-state index contributed by atoms with van der Waals surface area (Å²) in [5, 5.41) is 11.8. The molecular weight excluding hydrogens is 294 g/mol. The Bertz CT molecular complexity index is 581. The molecule has 0 fully saturated rings. The zero-order valence-corrected chi connectivity index (χ0v) is 15.7. The van der Waals surface area contributed by atoms with Crippen molar-refractivity contribution in [2.75, 3.05) is 19.6 Å². The molecule has 0 aromatic heterocycles. The summed E-state index contributed by atoms with van der Waals surface area (Å²) >= 11 is 0. The average Bonchev–Trinajstić information content (AvgIpc) is 2.60. The quantitative estimate of drug-likeness (QED) is 0.809. The van der Waals surface area contributed by atoms with Gasteiger partial charge in [-0.3, -0.25) is 0 Å². The van der Waals surface area contributed by atoms with E-state index in [4.69, 9.17) is 0 Å².